The molecule has 2 saturated heterocycles. The van der Waals surface area contributed by atoms with Crippen molar-refractivity contribution in [2.24, 2.45) is 0 Å². The van der Waals surface area contributed by atoms with Gasteiger partial charge in [0.2, 0.25) is 11.8 Å². The molecule has 138 valence electrons. The van der Waals surface area contributed by atoms with Crippen LogP contribution in [0, 0.1) is 0 Å². The lowest BCUT2D eigenvalue weighted by Gasteiger charge is -2.27. The summed E-state index contributed by atoms with van der Waals surface area (Å²) in [5.74, 6) is 0.124. The largest absolute Gasteiger partial charge is 0.378 e. The zero-order valence-electron chi connectivity index (χ0n) is 14.7. The SMILES string of the molecule is O=C(Nc1ccc2c(ccn2CC(=O)N2CCOCC2)c1)C1CCCN1. The van der Waals surface area contributed by atoms with Gasteiger partial charge in [-0.25, -0.2) is 0 Å². The van der Waals surface area contributed by atoms with E-state index < -0.39 is 0 Å². The molecule has 4 rings (SSSR count). The zero-order chi connectivity index (χ0) is 17.9. The van der Waals surface area contributed by atoms with Crippen LogP contribution in [0.5, 0.6) is 0 Å². The molecule has 2 aromatic rings. The van der Waals surface area contributed by atoms with Gasteiger partial charge in [-0.3, -0.25) is 9.59 Å². The zero-order valence-corrected chi connectivity index (χ0v) is 14.7. The number of carbonyl (C=O) groups is 2. The van der Waals surface area contributed by atoms with Crippen molar-refractivity contribution in [3.8, 4) is 0 Å². The summed E-state index contributed by atoms with van der Waals surface area (Å²) in [6.07, 6.45) is 3.85. The van der Waals surface area contributed by atoms with Crippen LogP contribution >= 0.6 is 0 Å². The fourth-order valence-corrected chi connectivity index (χ4v) is 3.61. The predicted molar refractivity (Wildman–Crippen MR) is 99.0 cm³/mol. The first-order valence-electron chi connectivity index (χ1n) is 9.19. The van der Waals surface area contributed by atoms with E-state index in [9.17, 15) is 9.59 Å². The van der Waals surface area contributed by atoms with Gasteiger partial charge in [-0.2, -0.15) is 0 Å². The number of carbonyl (C=O) groups excluding carboxylic acids is 2. The van der Waals surface area contributed by atoms with Crippen molar-refractivity contribution in [2.45, 2.75) is 25.4 Å². The molecule has 7 nitrogen and oxygen atoms in total. The van der Waals surface area contributed by atoms with Crippen molar-refractivity contribution in [2.75, 3.05) is 38.2 Å². The molecule has 3 heterocycles. The number of nitrogens with one attached hydrogen (secondary N) is 2. The van der Waals surface area contributed by atoms with Crippen LogP contribution in [0.4, 0.5) is 5.69 Å². The van der Waals surface area contributed by atoms with Crippen molar-refractivity contribution < 1.29 is 14.3 Å². The van der Waals surface area contributed by atoms with E-state index in [1.165, 1.54) is 0 Å². The monoisotopic (exact) mass is 356 g/mol. The lowest BCUT2D eigenvalue weighted by Crippen LogP contribution is -2.42. The Bertz CT molecular complexity index is 804. The Kier molecular flexibility index (Phi) is 4.90. The van der Waals surface area contributed by atoms with Gasteiger partial charge >= 0.3 is 0 Å². The highest BCUT2D eigenvalue weighted by Gasteiger charge is 2.22. The quantitative estimate of drug-likeness (QED) is 0.863. The number of hydrogen-bond acceptors (Lipinski definition) is 4. The lowest BCUT2D eigenvalue weighted by molar-refractivity contribution is -0.135. The van der Waals surface area contributed by atoms with Crippen LogP contribution in [0.1, 0.15) is 12.8 Å². The fraction of sp³-hybridized carbons (Fsp3) is 0.474. The van der Waals surface area contributed by atoms with E-state index in [1.54, 1.807) is 0 Å². The van der Waals surface area contributed by atoms with Crippen molar-refractivity contribution in [1.82, 2.24) is 14.8 Å². The standard InChI is InChI=1S/C19H24N4O3/c24-18(22-8-10-26-11-9-22)13-23-7-5-14-12-15(3-4-17(14)23)21-19(25)16-2-1-6-20-16/h3-5,7,12,16,20H,1-2,6,8-11,13H2,(H,21,25). The molecule has 0 bridgehead atoms. The smallest absolute Gasteiger partial charge is 0.242 e. The molecule has 2 aliphatic rings. The van der Waals surface area contributed by atoms with E-state index in [2.05, 4.69) is 10.6 Å². The first-order valence-corrected chi connectivity index (χ1v) is 9.19. The molecule has 7 heteroatoms. The Balaban J connectivity index is 1.44. The molecular formula is C19H24N4O3. The third-order valence-electron chi connectivity index (χ3n) is 5.08. The Labute approximate surface area is 152 Å². The molecule has 0 radical (unpaired) electrons. The minimum atomic E-state index is -0.0959. The van der Waals surface area contributed by atoms with Gasteiger partial charge in [0.05, 0.1) is 19.3 Å². The maximum absolute atomic E-state index is 12.5. The van der Waals surface area contributed by atoms with Crippen molar-refractivity contribution in [3.63, 3.8) is 0 Å². The summed E-state index contributed by atoms with van der Waals surface area (Å²) in [6.45, 7) is 3.75. The molecule has 26 heavy (non-hydrogen) atoms. The summed E-state index contributed by atoms with van der Waals surface area (Å²) >= 11 is 0. The molecule has 0 spiro atoms. The molecule has 2 N–H and O–H groups in total. The number of morpholine rings is 1. The predicted octanol–water partition coefficient (Wildman–Crippen LogP) is 1.19. The van der Waals surface area contributed by atoms with E-state index in [-0.39, 0.29) is 17.9 Å². The summed E-state index contributed by atoms with van der Waals surface area (Å²) in [5, 5.41) is 7.19. The van der Waals surface area contributed by atoms with Crippen LogP contribution in [0.2, 0.25) is 0 Å². The third kappa shape index (κ3) is 3.59. The van der Waals surface area contributed by atoms with Crippen LogP contribution in [0.3, 0.4) is 0 Å². The molecule has 1 unspecified atom stereocenters. The van der Waals surface area contributed by atoms with E-state index in [0.717, 1.165) is 36.0 Å². The maximum Gasteiger partial charge on any atom is 0.242 e. The molecule has 2 fully saturated rings. The van der Waals surface area contributed by atoms with Gasteiger partial charge in [0, 0.05) is 35.9 Å². The average molecular weight is 356 g/mol. The topological polar surface area (TPSA) is 75.6 Å². The van der Waals surface area contributed by atoms with Gasteiger partial charge in [0.25, 0.3) is 0 Å². The molecule has 1 atom stereocenters. The van der Waals surface area contributed by atoms with Gasteiger partial charge in [0.15, 0.2) is 0 Å². The van der Waals surface area contributed by atoms with Gasteiger partial charge in [-0.05, 0) is 43.7 Å². The highest BCUT2D eigenvalue weighted by Crippen LogP contribution is 2.21. The number of ether oxygens (including phenoxy) is 1. The number of amides is 2. The Morgan fingerprint density at radius 1 is 1.23 bits per heavy atom. The summed E-state index contributed by atoms with van der Waals surface area (Å²) in [4.78, 5) is 26.5. The van der Waals surface area contributed by atoms with E-state index in [4.69, 9.17) is 4.74 Å². The molecule has 0 aliphatic carbocycles. The van der Waals surface area contributed by atoms with Crippen molar-refractivity contribution >= 4 is 28.4 Å². The number of benzene rings is 1. The second kappa shape index (κ2) is 7.47. The second-order valence-corrected chi connectivity index (χ2v) is 6.85. The molecule has 1 aromatic heterocycles. The Morgan fingerprint density at radius 3 is 2.85 bits per heavy atom. The number of hydrogen-bond donors (Lipinski definition) is 2. The number of aromatic nitrogens is 1. The summed E-state index contributed by atoms with van der Waals surface area (Å²) in [6, 6.07) is 7.69. The summed E-state index contributed by atoms with van der Waals surface area (Å²) in [7, 11) is 0. The number of nitrogens with zero attached hydrogens (tertiary/aromatic N) is 2. The summed E-state index contributed by atoms with van der Waals surface area (Å²) < 4.78 is 7.25. The minimum Gasteiger partial charge on any atom is -0.378 e. The van der Waals surface area contributed by atoms with E-state index in [0.29, 0.717) is 32.8 Å². The van der Waals surface area contributed by atoms with Gasteiger partial charge in [0.1, 0.15) is 6.54 Å². The van der Waals surface area contributed by atoms with Crippen LogP contribution in [0.15, 0.2) is 30.5 Å². The van der Waals surface area contributed by atoms with Gasteiger partial charge < -0.3 is 24.8 Å². The highest BCUT2D eigenvalue weighted by molar-refractivity contribution is 5.97. The Morgan fingerprint density at radius 2 is 2.08 bits per heavy atom. The lowest BCUT2D eigenvalue weighted by atomic mass is 10.2. The first-order chi connectivity index (χ1) is 12.7. The van der Waals surface area contributed by atoms with Crippen LogP contribution in [0.25, 0.3) is 10.9 Å². The van der Waals surface area contributed by atoms with Crippen LogP contribution < -0.4 is 10.6 Å². The summed E-state index contributed by atoms with van der Waals surface area (Å²) in [5.41, 5.74) is 1.78. The Hall–Kier alpha value is -2.38. The molecule has 2 aliphatic heterocycles. The van der Waals surface area contributed by atoms with E-state index >= 15 is 0 Å². The maximum atomic E-state index is 12.5. The third-order valence-corrected chi connectivity index (χ3v) is 5.08. The molecule has 2 amide bonds. The number of anilines is 1. The van der Waals surface area contributed by atoms with Gasteiger partial charge in [-0.15, -0.1) is 0 Å². The fourth-order valence-electron chi connectivity index (χ4n) is 3.61. The van der Waals surface area contributed by atoms with Crippen LogP contribution in [-0.4, -0.2) is 60.2 Å². The number of rotatable bonds is 4. The van der Waals surface area contributed by atoms with Gasteiger partial charge in [-0.1, -0.05) is 0 Å². The van der Waals surface area contributed by atoms with E-state index in [1.807, 2.05) is 39.9 Å². The highest BCUT2D eigenvalue weighted by atomic mass is 16.5. The molecule has 0 saturated carbocycles. The normalized spacial score (nSPS) is 20.5. The second-order valence-electron chi connectivity index (χ2n) is 6.85. The molecule has 1 aromatic carbocycles. The van der Waals surface area contributed by atoms with Crippen LogP contribution in [-0.2, 0) is 20.9 Å². The van der Waals surface area contributed by atoms with Crippen molar-refractivity contribution in [1.29, 1.82) is 0 Å². The minimum absolute atomic E-state index is 0.0174. The van der Waals surface area contributed by atoms with Crippen molar-refractivity contribution in [3.05, 3.63) is 30.5 Å². The molecular weight excluding hydrogens is 332 g/mol. The first kappa shape index (κ1) is 17.1. The number of fused-ring (bicyclic) bond motifs is 1. The average Bonchev–Trinajstić information content (AvgIpc) is 3.33.